The third-order valence-electron chi connectivity index (χ3n) is 3.40. The van der Waals surface area contributed by atoms with Gasteiger partial charge in [0.2, 0.25) is 0 Å². The first-order valence-electron chi connectivity index (χ1n) is 6.23. The molecule has 2 rings (SSSR count). The summed E-state index contributed by atoms with van der Waals surface area (Å²) in [6, 6.07) is 6.59. The molecule has 2 N–H and O–H groups in total. The number of aliphatic hydroxyl groups is 1. The SMILES string of the molecule is CC(NCC(O)C1CC1)c1ccc([N+](=O)[O-])cc1. The van der Waals surface area contributed by atoms with Gasteiger partial charge in [0.25, 0.3) is 5.69 Å². The number of hydrogen-bond donors (Lipinski definition) is 2. The van der Waals surface area contributed by atoms with Gasteiger partial charge in [-0.15, -0.1) is 0 Å². The lowest BCUT2D eigenvalue weighted by molar-refractivity contribution is -0.384. The number of nitro benzene ring substituents is 1. The molecule has 1 fully saturated rings. The largest absolute Gasteiger partial charge is 0.392 e. The summed E-state index contributed by atoms with van der Waals surface area (Å²) in [5.74, 6) is 0.460. The lowest BCUT2D eigenvalue weighted by atomic mass is 10.1. The van der Waals surface area contributed by atoms with Crippen LogP contribution in [0.3, 0.4) is 0 Å². The number of nitro groups is 1. The van der Waals surface area contributed by atoms with Crippen LogP contribution < -0.4 is 5.32 Å². The van der Waals surface area contributed by atoms with E-state index in [4.69, 9.17) is 0 Å². The highest BCUT2D eigenvalue weighted by Crippen LogP contribution is 2.32. The summed E-state index contributed by atoms with van der Waals surface area (Å²) in [4.78, 5) is 10.1. The molecule has 0 saturated heterocycles. The van der Waals surface area contributed by atoms with Crippen molar-refractivity contribution in [3.63, 3.8) is 0 Å². The normalized spacial score (nSPS) is 18.3. The van der Waals surface area contributed by atoms with Gasteiger partial charge in [-0.05, 0) is 31.2 Å². The lowest BCUT2D eigenvalue weighted by Crippen LogP contribution is -2.30. The molecule has 0 spiro atoms. The van der Waals surface area contributed by atoms with E-state index in [9.17, 15) is 15.2 Å². The molecule has 2 atom stereocenters. The fourth-order valence-electron chi connectivity index (χ4n) is 1.95. The van der Waals surface area contributed by atoms with Gasteiger partial charge in [0.05, 0.1) is 11.0 Å². The van der Waals surface area contributed by atoms with E-state index < -0.39 is 4.92 Å². The van der Waals surface area contributed by atoms with Crippen molar-refractivity contribution in [3.05, 3.63) is 39.9 Å². The summed E-state index contributed by atoms with van der Waals surface area (Å²) in [6.45, 7) is 2.56. The van der Waals surface area contributed by atoms with Crippen molar-refractivity contribution >= 4 is 5.69 Å². The minimum atomic E-state index is -0.404. The summed E-state index contributed by atoms with van der Waals surface area (Å²) >= 11 is 0. The highest BCUT2D eigenvalue weighted by Gasteiger charge is 2.29. The molecule has 0 radical (unpaired) electrons. The van der Waals surface area contributed by atoms with Gasteiger partial charge in [0, 0.05) is 24.7 Å². The second kappa shape index (κ2) is 5.46. The molecule has 0 amide bonds. The second-order valence-electron chi connectivity index (χ2n) is 4.88. The van der Waals surface area contributed by atoms with Crippen molar-refractivity contribution in [2.45, 2.75) is 31.9 Å². The van der Waals surface area contributed by atoms with Crippen LogP contribution in [0.15, 0.2) is 24.3 Å². The molecule has 0 aromatic heterocycles. The molecule has 0 aliphatic heterocycles. The molecule has 0 bridgehead atoms. The van der Waals surface area contributed by atoms with Crippen LogP contribution in [0.5, 0.6) is 0 Å². The molecular formula is C13H18N2O3. The Kier molecular flexibility index (Phi) is 3.93. The quantitative estimate of drug-likeness (QED) is 0.598. The summed E-state index contributed by atoms with van der Waals surface area (Å²) in [7, 11) is 0. The zero-order valence-electron chi connectivity index (χ0n) is 10.4. The van der Waals surface area contributed by atoms with Crippen molar-refractivity contribution in [1.29, 1.82) is 0 Å². The molecule has 1 aromatic rings. The number of nitrogens with zero attached hydrogens (tertiary/aromatic N) is 1. The van der Waals surface area contributed by atoms with Crippen molar-refractivity contribution in [1.82, 2.24) is 5.32 Å². The maximum absolute atomic E-state index is 10.5. The van der Waals surface area contributed by atoms with Gasteiger partial charge in [0.15, 0.2) is 0 Å². The zero-order chi connectivity index (χ0) is 13.1. The van der Waals surface area contributed by atoms with Crippen molar-refractivity contribution in [2.75, 3.05) is 6.54 Å². The van der Waals surface area contributed by atoms with Crippen molar-refractivity contribution < 1.29 is 10.0 Å². The predicted octanol–water partition coefficient (Wildman–Crippen LogP) is 2.02. The molecule has 1 aliphatic rings. The summed E-state index contributed by atoms with van der Waals surface area (Å²) < 4.78 is 0. The molecule has 0 heterocycles. The first-order chi connectivity index (χ1) is 8.58. The lowest BCUT2D eigenvalue weighted by Gasteiger charge is -2.17. The van der Waals surface area contributed by atoms with Gasteiger partial charge < -0.3 is 10.4 Å². The molecule has 98 valence electrons. The Morgan fingerprint density at radius 2 is 2.06 bits per heavy atom. The third kappa shape index (κ3) is 3.27. The van der Waals surface area contributed by atoms with Crippen LogP contribution in [0.4, 0.5) is 5.69 Å². The van der Waals surface area contributed by atoms with E-state index in [2.05, 4.69) is 5.32 Å². The Bertz CT molecular complexity index is 415. The summed E-state index contributed by atoms with van der Waals surface area (Å²) in [5.41, 5.74) is 1.09. The minimum absolute atomic E-state index is 0.0826. The average molecular weight is 250 g/mol. The number of non-ortho nitro benzene ring substituents is 1. The molecule has 18 heavy (non-hydrogen) atoms. The summed E-state index contributed by atoms with van der Waals surface area (Å²) in [5, 5.41) is 23.5. The second-order valence-corrected chi connectivity index (χ2v) is 4.88. The monoisotopic (exact) mass is 250 g/mol. The Morgan fingerprint density at radius 3 is 2.56 bits per heavy atom. The van der Waals surface area contributed by atoms with E-state index in [1.807, 2.05) is 6.92 Å². The Morgan fingerprint density at radius 1 is 1.44 bits per heavy atom. The highest BCUT2D eigenvalue weighted by molar-refractivity contribution is 5.34. The summed E-state index contributed by atoms with van der Waals surface area (Å²) in [6.07, 6.45) is 1.97. The maximum atomic E-state index is 10.5. The molecule has 1 aromatic carbocycles. The van der Waals surface area contributed by atoms with Crippen LogP contribution in [0, 0.1) is 16.0 Å². The van der Waals surface area contributed by atoms with Gasteiger partial charge in [0.1, 0.15) is 0 Å². The average Bonchev–Trinajstić information content (AvgIpc) is 3.20. The van der Waals surface area contributed by atoms with E-state index in [1.165, 1.54) is 12.1 Å². The molecule has 1 aliphatic carbocycles. The van der Waals surface area contributed by atoms with Gasteiger partial charge in [-0.3, -0.25) is 10.1 Å². The number of aliphatic hydroxyl groups excluding tert-OH is 1. The number of benzene rings is 1. The molecule has 2 unspecified atom stereocenters. The van der Waals surface area contributed by atoms with E-state index in [-0.39, 0.29) is 17.8 Å². The molecule has 5 heteroatoms. The van der Waals surface area contributed by atoms with Gasteiger partial charge >= 0.3 is 0 Å². The molecule has 1 saturated carbocycles. The fourth-order valence-corrected chi connectivity index (χ4v) is 1.95. The highest BCUT2D eigenvalue weighted by atomic mass is 16.6. The van der Waals surface area contributed by atoms with E-state index in [1.54, 1.807) is 12.1 Å². The van der Waals surface area contributed by atoms with Crippen LogP contribution in [0.25, 0.3) is 0 Å². The van der Waals surface area contributed by atoms with E-state index >= 15 is 0 Å². The van der Waals surface area contributed by atoms with Crippen LogP contribution >= 0.6 is 0 Å². The van der Waals surface area contributed by atoms with Gasteiger partial charge in [-0.2, -0.15) is 0 Å². The van der Waals surface area contributed by atoms with Gasteiger partial charge in [-0.25, -0.2) is 0 Å². The number of nitrogens with one attached hydrogen (secondary N) is 1. The Hall–Kier alpha value is -1.46. The number of rotatable bonds is 6. The first-order valence-corrected chi connectivity index (χ1v) is 6.23. The van der Waals surface area contributed by atoms with Crippen LogP contribution in [-0.2, 0) is 0 Å². The first kappa shape index (κ1) is 13.0. The van der Waals surface area contributed by atoms with E-state index in [0.717, 1.165) is 18.4 Å². The van der Waals surface area contributed by atoms with Crippen molar-refractivity contribution in [2.24, 2.45) is 5.92 Å². The number of hydrogen-bond acceptors (Lipinski definition) is 4. The minimum Gasteiger partial charge on any atom is -0.392 e. The predicted molar refractivity (Wildman–Crippen MR) is 68.2 cm³/mol. The van der Waals surface area contributed by atoms with Crippen molar-refractivity contribution in [3.8, 4) is 0 Å². The topological polar surface area (TPSA) is 75.4 Å². The Balaban J connectivity index is 1.87. The van der Waals surface area contributed by atoms with Crippen LogP contribution in [0.2, 0.25) is 0 Å². The molecule has 5 nitrogen and oxygen atoms in total. The Labute approximate surface area is 106 Å². The standard InChI is InChI=1S/C13H18N2O3/c1-9(14-8-13(16)11-2-3-11)10-4-6-12(7-5-10)15(17)18/h4-7,9,11,13-14,16H,2-3,8H2,1H3. The van der Waals surface area contributed by atoms with Gasteiger partial charge in [-0.1, -0.05) is 12.1 Å². The maximum Gasteiger partial charge on any atom is 0.269 e. The fraction of sp³-hybridized carbons (Fsp3) is 0.538. The van der Waals surface area contributed by atoms with Crippen LogP contribution in [0.1, 0.15) is 31.4 Å². The van der Waals surface area contributed by atoms with E-state index in [0.29, 0.717) is 12.5 Å². The molecular weight excluding hydrogens is 232 g/mol. The smallest absolute Gasteiger partial charge is 0.269 e. The zero-order valence-corrected chi connectivity index (χ0v) is 10.4. The third-order valence-corrected chi connectivity index (χ3v) is 3.40. The van der Waals surface area contributed by atoms with Crippen LogP contribution in [-0.4, -0.2) is 22.7 Å².